The molecule has 18 heavy (non-hydrogen) atoms. The van der Waals surface area contributed by atoms with Crippen molar-refractivity contribution in [2.24, 2.45) is 5.84 Å². The van der Waals surface area contributed by atoms with E-state index < -0.39 is 5.60 Å². The van der Waals surface area contributed by atoms with Crippen LogP contribution in [0.15, 0.2) is 18.2 Å². The first kappa shape index (κ1) is 15.1. The third kappa shape index (κ3) is 3.07. The number of rotatable bonds is 6. The van der Waals surface area contributed by atoms with Crippen LogP contribution in [0.25, 0.3) is 0 Å². The van der Waals surface area contributed by atoms with Crippen molar-refractivity contribution < 1.29 is 9.13 Å². The van der Waals surface area contributed by atoms with Crippen LogP contribution in [0.2, 0.25) is 0 Å². The van der Waals surface area contributed by atoms with Gasteiger partial charge in [0.1, 0.15) is 5.82 Å². The molecular formula is C14H23FN2O. The van der Waals surface area contributed by atoms with Gasteiger partial charge in [0.2, 0.25) is 0 Å². The van der Waals surface area contributed by atoms with Crippen LogP contribution in [-0.4, -0.2) is 12.2 Å². The standard InChI is InChI=1S/C14H23FN2O/c1-5-14(4,18-6-2)13(17-16)11-7-8-12(15)10(3)9-11/h7-9,13,17H,5-6,16H2,1-4H3. The van der Waals surface area contributed by atoms with E-state index in [0.717, 1.165) is 12.0 Å². The summed E-state index contributed by atoms with van der Waals surface area (Å²) in [4.78, 5) is 0. The highest BCUT2D eigenvalue weighted by molar-refractivity contribution is 5.28. The summed E-state index contributed by atoms with van der Waals surface area (Å²) >= 11 is 0. The van der Waals surface area contributed by atoms with Crippen molar-refractivity contribution in [3.8, 4) is 0 Å². The largest absolute Gasteiger partial charge is 0.374 e. The molecule has 0 amide bonds. The zero-order valence-electron chi connectivity index (χ0n) is 11.6. The molecule has 0 aromatic heterocycles. The summed E-state index contributed by atoms with van der Waals surface area (Å²) in [7, 11) is 0. The molecule has 3 nitrogen and oxygen atoms in total. The van der Waals surface area contributed by atoms with Crippen LogP contribution >= 0.6 is 0 Å². The topological polar surface area (TPSA) is 47.3 Å². The summed E-state index contributed by atoms with van der Waals surface area (Å²) in [5.41, 5.74) is 3.94. The quantitative estimate of drug-likeness (QED) is 0.606. The van der Waals surface area contributed by atoms with Crippen LogP contribution in [0.3, 0.4) is 0 Å². The van der Waals surface area contributed by atoms with Crippen LogP contribution in [0.4, 0.5) is 4.39 Å². The van der Waals surface area contributed by atoms with Crippen LogP contribution in [0, 0.1) is 12.7 Å². The van der Waals surface area contributed by atoms with Crippen molar-refractivity contribution in [3.63, 3.8) is 0 Å². The third-order valence-corrected chi connectivity index (χ3v) is 3.47. The highest BCUT2D eigenvalue weighted by Crippen LogP contribution is 2.32. The Morgan fingerprint density at radius 1 is 1.44 bits per heavy atom. The second-order valence-corrected chi connectivity index (χ2v) is 4.71. The maximum atomic E-state index is 13.3. The van der Waals surface area contributed by atoms with Gasteiger partial charge in [-0.25, -0.2) is 4.39 Å². The van der Waals surface area contributed by atoms with E-state index in [4.69, 9.17) is 10.6 Å². The molecule has 0 aliphatic carbocycles. The first-order valence-corrected chi connectivity index (χ1v) is 6.34. The maximum absolute atomic E-state index is 13.3. The number of nitrogens with one attached hydrogen (secondary N) is 1. The minimum atomic E-state index is -0.409. The van der Waals surface area contributed by atoms with Gasteiger partial charge in [-0.2, -0.15) is 0 Å². The van der Waals surface area contributed by atoms with Gasteiger partial charge < -0.3 is 4.74 Å². The van der Waals surface area contributed by atoms with Crippen molar-refractivity contribution in [2.45, 2.75) is 45.8 Å². The number of benzene rings is 1. The zero-order chi connectivity index (χ0) is 13.8. The first-order valence-electron chi connectivity index (χ1n) is 6.34. The molecule has 4 heteroatoms. The Kier molecular flexibility index (Phi) is 5.26. The minimum absolute atomic E-state index is 0.165. The van der Waals surface area contributed by atoms with E-state index in [1.807, 2.05) is 19.9 Å². The molecule has 0 aliphatic heterocycles. The summed E-state index contributed by atoms with van der Waals surface area (Å²) in [6.45, 7) is 8.38. The van der Waals surface area contributed by atoms with Crippen LogP contribution in [0.1, 0.15) is 44.4 Å². The van der Waals surface area contributed by atoms with Gasteiger partial charge in [-0.15, -0.1) is 0 Å². The lowest BCUT2D eigenvalue weighted by atomic mass is 9.87. The summed E-state index contributed by atoms with van der Waals surface area (Å²) in [6, 6.07) is 4.87. The molecule has 3 N–H and O–H groups in total. The zero-order valence-corrected chi connectivity index (χ0v) is 11.6. The van der Waals surface area contributed by atoms with Crippen molar-refractivity contribution >= 4 is 0 Å². The molecule has 1 aromatic rings. The second-order valence-electron chi connectivity index (χ2n) is 4.71. The number of halogens is 1. The van der Waals surface area contributed by atoms with Gasteiger partial charge >= 0.3 is 0 Å². The second kappa shape index (κ2) is 6.27. The monoisotopic (exact) mass is 254 g/mol. The van der Waals surface area contributed by atoms with Gasteiger partial charge in [0.25, 0.3) is 0 Å². The van der Waals surface area contributed by atoms with E-state index in [1.54, 1.807) is 13.0 Å². The SMILES string of the molecule is CCOC(C)(CC)C(NN)c1ccc(F)c(C)c1. The predicted octanol–water partition coefficient (Wildman–Crippen LogP) is 2.84. The molecule has 1 aromatic carbocycles. The third-order valence-electron chi connectivity index (χ3n) is 3.47. The van der Waals surface area contributed by atoms with Gasteiger partial charge in [-0.05, 0) is 44.4 Å². The summed E-state index contributed by atoms with van der Waals surface area (Å²) in [6.07, 6.45) is 0.812. The number of hydrogen-bond donors (Lipinski definition) is 2. The highest BCUT2D eigenvalue weighted by atomic mass is 19.1. The molecule has 0 radical (unpaired) electrons. The van der Waals surface area contributed by atoms with Crippen molar-refractivity contribution in [1.29, 1.82) is 0 Å². The van der Waals surface area contributed by atoms with Crippen molar-refractivity contribution in [2.75, 3.05) is 6.61 Å². The van der Waals surface area contributed by atoms with Gasteiger partial charge in [-0.1, -0.05) is 19.1 Å². The van der Waals surface area contributed by atoms with E-state index >= 15 is 0 Å². The molecule has 2 atom stereocenters. The number of hydrogen-bond acceptors (Lipinski definition) is 3. The maximum Gasteiger partial charge on any atom is 0.126 e. The Morgan fingerprint density at radius 2 is 2.11 bits per heavy atom. The van der Waals surface area contributed by atoms with Gasteiger partial charge in [0, 0.05) is 6.61 Å². The Hall–Kier alpha value is -0.970. The average Bonchev–Trinajstić information content (AvgIpc) is 2.35. The lowest BCUT2D eigenvalue weighted by molar-refractivity contribution is -0.0564. The van der Waals surface area contributed by atoms with Gasteiger partial charge in [0.05, 0.1) is 11.6 Å². The fourth-order valence-corrected chi connectivity index (χ4v) is 2.19. The van der Waals surface area contributed by atoms with Crippen molar-refractivity contribution in [3.05, 3.63) is 35.1 Å². The molecule has 0 spiro atoms. The predicted molar refractivity (Wildman–Crippen MR) is 71.5 cm³/mol. The van der Waals surface area contributed by atoms with E-state index in [0.29, 0.717) is 12.2 Å². The lowest BCUT2D eigenvalue weighted by Gasteiger charge is -2.36. The lowest BCUT2D eigenvalue weighted by Crippen LogP contribution is -2.46. The summed E-state index contributed by atoms with van der Waals surface area (Å²) in [5, 5.41) is 0. The number of hydrazine groups is 1. The van der Waals surface area contributed by atoms with Gasteiger partial charge in [0.15, 0.2) is 0 Å². The van der Waals surface area contributed by atoms with Crippen LogP contribution in [0.5, 0.6) is 0 Å². The summed E-state index contributed by atoms with van der Waals surface area (Å²) in [5.74, 6) is 5.46. The first-order chi connectivity index (χ1) is 8.48. The number of ether oxygens (including phenoxy) is 1. The fourth-order valence-electron chi connectivity index (χ4n) is 2.19. The number of aryl methyl sites for hydroxylation is 1. The molecule has 0 fully saturated rings. The Bertz CT molecular complexity index is 397. The molecule has 2 unspecified atom stereocenters. The van der Waals surface area contributed by atoms with Gasteiger partial charge in [-0.3, -0.25) is 11.3 Å². The van der Waals surface area contributed by atoms with Crippen molar-refractivity contribution in [1.82, 2.24) is 5.43 Å². The van der Waals surface area contributed by atoms with E-state index in [2.05, 4.69) is 12.3 Å². The number of nitrogens with two attached hydrogens (primary N) is 1. The minimum Gasteiger partial charge on any atom is -0.374 e. The van der Waals surface area contributed by atoms with E-state index in [1.165, 1.54) is 6.07 Å². The highest BCUT2D eigenvalue weighted by Gasteiger charge is 2.34. The summed E-state index contributed by atoms with van der Waals surface area (Å²) < 4.78 is 19.1. The van der Waals surface area contributed by atoms with E-state index in [9.17, 15) is 4.39 Å². The molecule has 0 bridgehead atoms. The molecule has 1 rings (SSSR count). The Labute approximate surface area is 108 Å². The Balaban J connectivity index is 3.11. The van der Waals surface area contributed by atoms with Crippen LogP contribution in [-0.2, 0) is 4.74 Å². The molecular weight excluding hydrogens is 231 g/mol. The molecule has 0 saturated carbocycles. The molecule has 0 saturated heterocycles. The normalized spacial score (nSPS) is 16.3. The molecule has 0 heterocycles. The fraction of sp³-hybridized carbons (Fsp3) is 0.571. The average molecular weight is 254 g/mol. The molecule has 0 aliphatic rings. The molecule has 102 valence electrons. The van der Waals surface area contributed by atoms with Crippen LogP contribution < -0.4 is 11.3 Å². The Morgan fingerprint density at radius 3 is 2.56 bits per heavy atom. The van der Waals surface area contributed by atoms with E-state index in [-0.39, 0.29) is 11.9 Å². The smallest absolute Gasteiger partial charge is 0.126 e.